The van der Waals surface area contributed by atoms with Crippen LogP contribution in [0.1, 0.15) is 32.6 Å². The van der Waals surface area contributed by atoms with Crippen LogP contribution in [0.4, 0.5) is 0 Å². The molecular weight excluding hydrogens is 230 g/mol. The number of nitrogens with one attached hydrogen (secondary N) is 3. The Morgan fingerprint density at radius 1 is 1.22 bits per heavy atom. The third-order valence-corrected chi connectivity index (χ3v) is 3.39. The van der Waals surface area contributed by atoms with Gasteiger partial charge in [-0.1, -0.05) is 13.3 Å². The first-order valence-corrected chi connectivity index (χ1v) is 6.85. The molecule has 0 aromatic rings. The normalized spacial score (nSPS) is 16.8. The second-order valence-electron chi connectivity index (χ2n) is 5.02. The van der Waals surface area contributed by atoms with E-state index in [4.69, 9.17) is 0 Å². The molecule has 1 aliphatic carbocycles. The molecule has 3 N–H and O–H groups in total. The molecule has 18 heavy (non-hydrogen) atoms. The van der Waals surface area contributed by atoms with Crippen molar-refractivity contribution >= 4 is 11.8 Å². The van der Waals surface area contributed by atoms with Crippen molar-refractivity contribution in [3.8, 4) is 0 Å². The van der Waals surface area contributed by atoms with E-state index < -0.39 is 0 Å². The van der Waals surface area contributed by atoms with Crippen LogP contribution in [-0.2, 0) is 9.59 Å². The van der Waals surface area contributed by atoms with Gasteiger partial charge in [-0.2, -0.15) is 0 Å². The second kappa shape index (κ2) is 8.08. The molecule has 0 radical (unpaired) electrons. The standard InChI is InChI=1S/C13H25N3O2/c1-10(9-14-2)12(17)15-7-4-8-16-13(18)11-5-3-6-11/h10-11,14H,3-9H2,1-2H3,(H,15,17)(H,16,18). The van der Waals surface area contributed by atoms with Gasteiger partial charge >= 0.3 is 0 Å². The summed E-state index contributed by atoms with van der Waals surface area (Å²) in [5, 5.41) is 8.75. The highest BCUT2D eigenvalue weighted by Crippen LogP contribution is 2.25. The molecule has 0 aromatic heterocycles. The molecule has 0 spiro atoms. The Hall–Kier alpha value is -1.10. The topological polar surface area (TPSA) is 70.2 Å². The van der Waals surface area contributed by atoms with E-state index in [0.29, 0.717) is 19.6 Å². The Balaban J connectivity index is 1.97. The van der Waals surface area contributed by atoms with Gasteiger partial charge in [-0.15, -0.1) is 0 Å². The first-order valence-electron chi connectivity index (χ1n) is 6.85. The van der Waals surface area contributed by atoms with Crippen LogP contribution in [0.15, 0.2) is 0 Å². The molecule has 1 unspecified atom stereocenters. The van der Waals surface area contributed by atoms with E-state index in [1.807, 2.05) is 14.0 Å². The van der Waals surface area contributed by atoms with Gasteiger partial charge in [-0.05, 0) is 26.3 Å². The van der Waals surface area contributed by atoms with Gasteiger partial charge < -0.3 is 16.0 Å². The summed E-state index contributed by atoms with van der Waals surface area (Å²) >= 11 is 0. The molecule has 5 heteroatoms. The fourth-order valence-electron chi connectivity index (χ4n) is 1.90. The molecule has 0 saturated heterocycles. The van der Waals surface area contributed by atoms with Crippen molar-refractivity contribution < 1.29 is 9.59 Å². The van der Waals surface area contributed by atoms with Crippen molar-refractivity contribution in [1.82, 2.24) is 16.0 Å². The number of carbonyl (C=O) groups is 2. The van der Waals surface area contributed by atoms with Crippen LogP contribution in [0.25, 0.3) is 0 Å². The SMILES string of the molecule is CNCC(C)C(=O)NCCCNC(=O)C1CCC1. The van der Waals surface area contributed by atoms with Crippen molar-refractivity contribution in [2.75, 3.05) is 26.7 Å². The van der Waals surface area contributed by atoms with Crippen molar-refractivity contribution in [3.05, 3.63) is 0 Å². The quantitative estimate of drug-likeness (QED) is 0.545. The summed E-state index contributed by atoms with van der Waals surface area (Å²) in [7, 11) is 1.83. The van der Waals surface area contributed by atoms with Crippen LogP contribution in [0.2, 0.25) is 0 Å². The number of amides is 2. The first kappa shape index (κ1) is 15.0. The van der Waals surface area contributed by atoms with Gasteiger partial charge in [-0.25, -0.2) is 0 Å². The monoisotopic (exact) mass is 255 g/mol. The maximum atomic E-state index is 11.6. The fourth-order valence-corrected chi connectivity index (χ4v) is 1.90. The minimum atomic E-state index is -0.0143. The molecule has 1 atom stereocenters. The van der Waals surface area contributed by atoms with Crippen LogP contribution in [0, 0.1) is 11.8 Å². The zero-order chi connectivity index (χ0) is 13.4. The maximum absolute atomic E-state index is 11.6. The molecule has 104 valence electrons. The van der Waals surface area contributed by atoms with E-state index in [2.05, 4.69) is 16.0 Å². The summed E-state index contributed by atoms with van der Waals surface area (Å²) in [6, 6.07) is 0. The number of carbonyl (C=O) groups excluding carboxylic acids is 2. The van der Waals surface area contributed by atoms with Gasteiger partial charge in [0.1, 0.15) is 0 Å². The van der Waals surface area contributed by atoms with E-state index in [0.717, 1.165) is 19.3 Å². The van der Waals surface area contributed by atoms with Gasteiger partial charge in [0.05, 0.1) is 0 Å². The molecule has 1 rings (SSSR count). The fraction of sp³-hybridized carbons (Fsp3) is 0.846. The van der Waals surface area contributed by atoms with Crippen LogP contribution in [-0.4, -0.2) is 38.5 Å². The Morgan fingerprint density at radius 2 is 1.89 bits per heavy atom. The van der Waals surface area contributed by atoms with Gasteiger partial charge in [0, 0.05) is 31.5 Å². The highest BCUT2D eigenvalue weighted by molar-refractivity contribution is 5.79. The molecular formula is C13H25N3O2. The lowest BCUT2D eigenvalue weighted by molar-refractivity contribution is -0.127. The minimum absolute atomic E-state index is 0.0143. The lowest BCUT2D eigenvalue weighted by Gasteiger charge is -2.24. The van der Waals surface area contributed by atoms with Crippen LogP contribution in [0.3, 0.4) is 0 Å². The van der Waals surface area contributed by atoms with Crippen molar-refractivity contribution in [1.29, 1.82) is 0 Å². The molecule has 0 bridgehead atoms. The molecule has 1 aliphatic rings. The molecule has 0 aliphatic heterocycles. The predicted octanol–water partition coefficient (Wildman–Crippen LogP) is 0.265. The summed E-state index contributed by atoms with van der Waals surface area (Å²) in [6.07, 6.45) is 4.03. The summed E-state index contributed by atoms with van der Waals surface area (Å²) in [5.74, 6) is 0.473. The number of hydrogen-bond donors (Lipinski definition) is 3. The van der Waals surface area contributed by atoms with Crippen molar-refractivity contribution in [3.63, 3.8) is 0 Å². The Bertz CT molecular complexity index is 277. The maximum Gasteiger partial charge on any atom is 0.224 e. The Kier molecular flexibility index (Phi) is 6.72. The predicted molar refractivity (Wildman–Crippen MR) is 71.1 cm³/mol. The third-order valence-electron chi connectivity index (χ3n) is 3.39. The second-order valence-corrected chi connectivity index (χ2v) is 5.02. The van der Waals surface area contributed by atoms with Crippen molar-refractivity contribution in [2.45, 2.75) is 32.6 Å². The van der Waals surface area contributed by atoms with E-state index in [1.165, 1.54) is 6.42 Å². The minimum Gasteiger partial charge on any atom is -0.356 e. The zero-order valence-electron chi connectivity index (χ0n) is 11.4. The lowest BCUT2D eigenvalue weighted by Crippen LogP contribution is -2.38. The average molecular weight is 255 g/mol. The third kappa shape index (κ3) is 5.04. The summed E-state index contributed by atoms with van der Waals surface area (Å²) in [5.41, 5.74) is 0. The summed E-state index contributed by atoms with van der Waals surface area (Å²) < 4.78 is 0. The highest BCUT2D eigenvalue weighted by atomic mass is 16.2. The van der Waals surface area contributed by atoms with Gasteiger partial charge in [-0.3, -0.25) is 9.59 Å². The Morgan fingerprint density at radius 3 is 2.44 bits per heavy atom. The number of rotatable bonds is 8. The molecule has 0 heterocycles. The van der Waals surface area contributed by atoms with Crippen molar-refractivity contribution in [2.24, 2.45) is 11.8 Å². The van der Waals surface area contributed by atoms with E-state index >= 15 is 0 Å². The lowest BCUT2D eigenvalue weighted by atomic mass is 9.85. The molecule has 2 amide bonds. The van der Waals surface area contributed by atoms with Gasteiger partial charge in [0.15, 0.2) is 0 Å². The summed E-state index contributed by atoms with van der Waals surface area (Å²) in [6.45, 7) is 3.85. The molecule has 1 fully saturated rings. The largest absolute Gasteiger partial charge is 0.356 e. The van der Waals surface area contributed by atoms with Gasteiger partial charge in [0.25, 0.3) is 0 Å². The highest BCUT2D eigenvalue weighted by Gasteiger charge is 2.24. The van der Waals surface area contributed by atoms with E-state index in [-0.39, 0.29) is 23.7 Å². The first-order chi connectivity index (χ1) is 8.65. The van der Waals surface area contributed by atoms with Crippen LogP contribution >= 0.6 is 0 Å². The molecule has 5 nitrogen and oxygen atoms in total. The van der Waals surface area contributed by atoms with E-state index in [1.54, 1.807) is 0 Å². The smallest absolute Gasteiger partial charge is 0.224 e. The van der Waals surface area contributed by atoms with Crippen LogP contribution in [0.5, 0.6) is 0 Å². The van der Waals surface area contributed by atoms with Crippen LogP contribution < -0.4 is 16.0 Å². The number of hydrogen-bond acceptors (Lipinski definition) is 3. The average Bonchev–Trinajstić information content (AvgIpc) is 2.26. The summed E-state index contributed by atoms with van der Waals surface area (Å²) in [4.78, 5) is 23.1. The molecule has 1 saturated carbocycles. The zero-order valence-corrected chi connectivity index (χ0v) is 11.4. The Labute approximate surface area is 109 Å². The van der Waals surface area contributed by atoms with E-state index in [9.17, 15) is 9.59 Å². The molecule has 0 aromatic carbocycles. The van der Waals surface area contributed by atoms with Gasteiger partial charge in [0.2, 0.25) is 11.8 Å².